The molecule has 0 aromatic heterocycles. The first kappa shape index (κ1) is 23.7. The molecule has 176 valence electrons. The van der Waals surface area contributed by atoms with Crippen LogP contribution in [0, 0.1) is 16.0 Å². The highest BCUT2D eigenvalue weighted by Gasteiger charge is 2.34. The average molecular weight is 455 g/mol. The van der Waals surface area contributed by atoms with Gasteiger partial charge in [-0.1, -0.05) is 12.8 Å². The van der Waals surface area contributed by atoms with Crippen LogP contribution in [-0.2, 0) is 4.79 Å². The van der Waals surface area contributed by atoms with Crippen molar-refractivity contribution in [2.75, 3.05) is 33.3 Å². The molecule has 11 heteroatoms. The number of hydrogen-bond acceptors (Lipinski definition) is 6. The van der Waals surface area contributed by atoms with E-state index in [2.05, 4.69) is 4.74 Å². The van der Waals surface area contributed by atoms with Crippen LogP contribution >= 0.6 is 0 Å². The van der Waals surface area contributed by atoms with Crippen LogP contribution in [0.5, 0.6) is 11.5 Å². The minimum atomic E-state index is -3.20. The molecule has 0 saturated carbocycles. The van der Waals surface area contributed by atoms with Gasteiger partial charge in [0.1, 0.15) is 5.56 Å². The fourth-order valence-electron chi connectivity index (χ4n) is 4.27. The number of methoxy groups -OCH3 is 1. The summed E-state index contributed by atoms with van der Waals surface area (Å²) in [6.45, 7) is -1.13. The van der Waals surface area contributed by atoms with E-state index in [1.165, 1.54) is 12.0 Å². The van der Waals surface area contributed by atoms with Gasteiger partial charge in [0.05, 0.1) is 18.1 Å². The van der Waals surface area contributed by atoms with E-state index in [0.717, 1.165) is 50.9 Å². The van der Waals surface area contributed by atoms with Crippen LogP contribution in [0.4, 0.5) is 14.5 Å². The molecule has 2 saturated heterocycles. The molecule has 2 aliphatic rings. The van der Waals surface area contributed by atoms with Crippen LogP contribution in [0.25, 0.3) is 0 Å². The number of benzene rings is 1. The molecule has 1 aromatic carbocycles. The molecule has 3 rings (SSSR count). The van der Waals surface area contributed by atoms with Crippen molar-refractivity contribution in [1.29, 1.82) is 0 Å². The van der Waals surface area contributed by atoms with Gasteiger partial charge in [0.25, 0.3) is 11.6 Å². The first-order valence-corrected chi connectivity index (χ1v) is 10.7. The summed E-state index contributed by atoms with van der Waals surface area (Å²) in [6, 6.07) is 1.82. The van der Waals surface area contributed by atoms with Gasteiger partial charge in [-0.3, -0.25) is 19.7 Å². The van der Waals surface area contributed by atoms with Gasteiger partial charge in [0, 0.05) is 38.2 Å². The molecule has 0 aliphatic carbocycles. The maximum absolute atomic E-state index is 13.0. The average Bonchev–Trinajstić information content (AvgIpc) is 3.07. The normalized spacial score (nSPS) is 17.8. The van der Waals surface area contributed by atoms with Gasteiger partial charge >= 0.3 is 6.61 Å². The molecule has 0 N–H and O–H groups in total. The molecule has 0 bridgehead atoms. The van der Waals surface area contributed by atoms with Crippen molar-refractivity contribution in [2.24, 2.45) is 5.92 Å². The summed E-state index contributed by atoms with van der Waals surface area (Å²) >= 11 is 0. The molecule has 2 amide bonds. The van der Waals surface area contributed by atoms with Crippen molar-refractivity contribution in [3.8, 4) is 11.5 Å². The number of likely N-dealkylation sites (tertiary alicyclic amines) is 2. The first-order valence-electron chi connectivity index (χ1n) is 10.7. The van der Waals surface area contributed by atoms with E-state index in [1.807, 2.05) is 4.90 Å². The summed E-state index contributed by atoms with van der Waals surface area (Å²) in [4.78, 5) is 39.9. The molecule has 1 aromatic rings. The lowest BCUT2D eigenvalue weighted by molar-refractivity contribution is -0.385. The third-order valence-electron chi connectivity index (χ3n) is 5.97. The van der Waals surface area contributed by atoms with Crippen molar-refractivity contribution in [3.05, 3.63) is 27.8 Å². The van der Waals surface area contributed by atoms with Gasteiger partial charge in [-0.25, -0.2) is 0 Å². The third-order valence-corrected chi connectivity index (χ3v) is 5.97. The molecule has 0 spiro atoms. The fourth-order valence-corrected chi connectivity index (χ4v) is 4.27. The highest BCUT2D eigenvalue weighted by molar-refractivity contribution is 5.99. The molecule has 2 heterocycles. The Kier molecular flexibility index (Phi) is 7.81. The van der Waals surface area contributed by atoms with Gasteiger partial charge in [0.2, 0.25) is 5.91 Å². The van der Waals surface area contributed by atoms with Crippen LogP contribution in [0.2, 0.25) is 0 Å². The van der Waals surface area contributed by atoms with Crippen molar-refractivity contribution >= 4 is 17.5 Å². The zero-order chi connectivity index (χ0) is 23.3. The molecular formula is C21H27F2N3O6. The third kappa shape index (κ3) is 5.43. The Bertz CT molecular complexity index is 850. The van der Waals surface area contributed by atoms with E-state index in [9.17, 15) is 28.5 Å². The molecule has 0 radical (unpaired) electrons. The Morgan fingerprint density at radius 2 is 1.66 bits per heavy atom. The van der Waals surface area contributed by atoms with Gasteiger partial charge in [-0.2, -0.15) is 8.78 Å². The van der Waals surface area contributed by atoms with E-state index >= 15 is 0 Å². The standard InChI is InChI=1S/C21H27F2N3O6/c1-31-17-12-15(16(26(29)30)13-18(17)32-21(22)23)20(28)25-10-6-14(7-11-25)19(27)24-8-4-2-3-5-9-24/h12-14,21H,2-11H2,1H3. The van der Waals surface area contributed by atoms with E-state index in [-0.39, 0.29) is 36.2 Å². The topological polar surface area (TPSA) is 102 Å². The van der Waals surface area contributed by atoms with Crippen LogP contribution in [0.1, 0.15) is 48.9 Å². The summed E-state index contributed by atoms with van der Waals surface area (Å²) in [5.74, 6) is -1.40. The van der Waals surface area contributed by atoms with Crippen LogP contribution in [0.3, 0.4) is 0 Å². The largest absolute Gasteiger partial charge is 0.493 e. The lowest BCUT2D eigenvalue weighted by Crippen LogP contribution is -2.44. The highest BCUT2D eigenvalue weighted by atomic mass is 19.3. The van der Waals surface area contributed by atoms with Crippen molar-refractivity contribution in [1.82, 2.24) is 9.80 Å². The Balaban J connectivity index is 1.72. The van der Waals surface area contributed by atoms with E-state index < -0.39 is 28.9 Å². The van der Waals surface area contributed by atoms with E-state index in [4.69, 9.17) is 4.74 Å². The summed E-state index contributed by atoms with van der Waals surface area (Å²) in [5.41, 5.74) is -0.917. The number of ether oxygens (including phenoxy) is 2. The second kappa shape index (κ2) is 10.6. The molecule has 2 fully saturated rings. The Morgan fingerprint density at radius 1 is 1.03 bits per heavy atom. The minimum absolute atomic E-state index is 0.111. The predicted molar refractivity (Wildman–Crippen MR) is 110 cm³/mol. The predicted octanol–water partition coefficient (Wildman–Crippen LogP) is 3.46. The molecular weight excluding hydrogens is 428 g/mol. The second-order valence-electron chi connectivity index (χ2n) is 7.96. The number of halogens is 2. The number of alkyl halides is 2. The number of nitro benzene ring substituents is 1. The Morgan fingerprint density at radius 3 is 2.19 bits per heavy atom. The van der Waals surface area contributed by atoms with Crippen LogP contribution in [0.15, 0.2) is 12.1 Å². The van der Waals surface area contributed by atoms with Gasteiger partial charge < -0.3 is 19.3 Å². The lowest BCUT2D eigenvalue weighted by atomic mass is 9.94. The Labute approximate surface area is 184 Å². The SMILES string of the molecule is COc1cc(C(=O)N2CCC(C(=O)N3CCCCCC3)CC2)c([N+](=O)[O-])cc1OC(F)F. The smallest absolute Gasteiger partial charge is 0.387 e. The van der Waals surface area contributed by atoms with Gasteiger partial charge in [-0.05, 0) is 25.7 Å². The van der Waals surface area contributed by atoms with Gasteiger partial charge in [0.15, 0.2) is 11.5 Å². The maximum atomic E-state index is 13.0. The van der Waals surface area contributed by atoms with Crippen molar-refractivity contribution in [3.63, 3.8) is 0 Å². The molecule has 0 unspecified atom stereocenters. The summed E-state index contributed by atoms with van der Waals surface area (Å²) in [6.07, 6.45) is 5.19. The highest BCUT2D eigenvalue weighted by Crippen LogP contribution is 2.36. The fraction of sp³-hybridized carbons (Fsp3) is 0.619. The minimum Gasteiger partial charge on any atom is -0.493 e. The number of rotatable bonds is 6. The van der Waals surface area contributed by atoms with Crippen LogP contribution < -0.4 is 9.47 Å². The number of piperidine rings is 1. The number of hydrogen-bond donors (Lipinski definition) is 0. The number of nitrogens with zero attached hydrogens (tertiary/aromatic N) is 3. The van der Waals surface area contributed by atoms with E-state index in [1.54, 1.807) is 0 Å². The van der Waals surface area contributed by atoms with Crippen molar-refractivity contribution < 1.29 is 32.8 Å². The molecule has 2 aliphatic heterocycles. The quantitative estimate of drug-likeness (QED) is 0.481. The van der Waals surface area contributed by atoms with Crippen LogP contribution in [-0.4, -0.2) is 66.4 Å². The number of carbonyl (C=O) groups is 2. The number of carbonyl (C=O) groups excluding carboxylic acids is 2. The first-order chi connectivity index (χ1) is 15.3. The summed E-state index contributed by atoms with van der Waals surface area (Å²) in [7, 11) is 1.19. The van der Waals surface area contributed by atoms with E-state index in [0.29, 0.717) is 12.8 Å². The summed E-state index contributed by atoms with van der Waals surface area (Å²) in [5, 5.41) is 11.5. The monoisotopic (exact) mass is 455 g/mol. The zero-order valence-corrected chi connectivity index (χ0v) is 17.9. The molecule has 9 nitrogen and oxygen atoms in total. The number of amides is 2. The lowest BCUT2D eigenvalue weighted by Gasteiger charge is -2.34. The maximum Gasteiger partial charge on any atom is 0.387 e. The summed E-state index contributed by atoms with van der Waals surface area (Å²) < 4.78 is 34.5. The zero-order valence-electron chi connectivity index (χ0n) is 17.9. The van der Waals surface area contributed by atoms with Crippen molar-refractivity contribution in [2.45, 2.75) is 45.1 Å². The number of nitro groups is 1. The second-order valence-corrected chi connectivity index (χ2v) is 7.96. The molecule has 0 atom stereocenters. The Hall–Kier alpha value is -2.98. The molecule has 32 heavy (non-hydrogen) atoms. The van der Waals surface area contributed by atoms with Gasteiger partial charge in [-0.15, -0.1) is 0 Å².